The van der Waals surface area contributed by atoms with Crippen molar-refractivity contribution in [2.24, 2.45) is 0 Å². The lowest BCUT2D eigenvalue weighted by Gasteiger charge is -2.31. The fraction of sp³-hybridized carbons (Fsp3) is 0.600. The van der Waals surface area contributed by atoms with E-state index in [4.69, 9.17) is 4.74 Å². The molecule has 98 valence electrons. The molecule has 1 aromatic carbocycles. The molecule has 3 heteroatoms. The molecule has 0 amide bonds. The summed E-state index contributed by atoms with van der Waals surface area (Å²) in [5, 5.41) is 3.39. The van der Waals surface area contributed by atoms with Crippen LogP contribution in [-0.4, -0.2) is 33.3 Å². The van der Waals surface area contributed by atoms with Crippen molar-refractivity contribution in [2.75, 3.05) is 38.2 Å². The number of hydrogen-bond donors (Lipinski definition) is 1. The molecule has 1 aliphatic carbocycles. The Labute approximate surface area is 109 Å². The third kappa shape index (κ3) is 2.19. The maximum absolute atomic E-state index is 5.59. The molecule has 0 unspecified atom stereocenters. The number of ether oxygens (including phenoxy) is 1. The van der Waals surface area contributed by atoms with E-state index in [1.54, 1.807) is 7.11 Å². The van der Waals surface area contributed by atoms with Gasteiger partial charge in [0.25, 0.3) is 0 Å². The Hall–Kier alpha value is -1.22. The molecule has 1 N–H and O–H groups in total. The zero-order valence-electron chi connectivity index (χ0n) is 11.1. The van der Waals surface area contributed by atoms with E-state index in [0.717, 1.165) is 37.8 Å². The third-order valence-corrected chi connectivity index (χ3v) is 4.24. The van der Waals surface area contributed by atoms with Gasteiger partial charge in [0.1, 0.15) is 5.75 Å². The van der Waals surface area contributed by atoms with Crippen molar-refractivity contribution in [3.05, 3.63) is 23.8 Å². The smallest absolute Gasteiger partial charge is 0.124 e. The van der Waals surface area contributed by atoms with Crippen LogP contribution in [-0.2, 0) is 0 Å². The van der Waals surface area contributed by atoms with Crippen LogP contribution in [0.2, 0.25) is 0 Å². The molecule has 2 fully saturated rings. The van der Waals surface area contributed by atoms with Gasteiger partial charge in [-0.25, -0.2) is 0 Å². The molecule has 1 saturated heterocycles. The maximum Gasteiger partial charge on any atom is 0.124 e. The minimum absolute atomic E-state index is 0.733. The average Bonchev–Trinajstić information content (AvgIpc) is 2.38. The number of hydrogen-bond acceptors (Lipinski definition) is 3. The molecule has 0 spiro atoms. The highest BCUT2D eigenvalue weighted by atomic mass is 16.5. The minimum Gasteiger partial charge on any atom is -0.496 e. The first-order valence-electron chi connectivity index (χ1n) is 7.02. The van der Waals surface area contributed by atoms with Gasteiger partial charge in [-0.05, 0) is 30.4 Å². The number of benzene rings is 1. The first-order valence-corrected chi connectivity index (χ1v) is 7.02. The van der Waals surface area contributed by atoms with E-state index in [-0.39, 0.29) is 0 Å². The van der Waals surface area contributed by atoms with Gasteiger partial charge < -0.3 is 15.0 Å². The van der Waals surface area contributed by atoms with Gasteiger partial charge in [0.05, 0.1) is 7.11 Å². The van der Waals surface area contributed by atoms with Gasteiger partial charge in [-0.15, -0.1) is 0 Å². The van der Waals surface area contributed by atoms with Crippen molar-refractivity contribution in [3.8, 4) is 5.75 Å². The van der Waals surface area contributed by atoms with Crippen LogP contribution in [0.3, 0.4) is 0 Å². The molecule has 1 aliphatic heterocycles. The number of nitrogens with zero attached hydrogens (tertiary/aromatic N) is 1. The lowest BCUT2D eigenvalue weighted by molar-refractivity contribution is 0.373. The Kier molecular flexibility index (Phi) is 3.41. The highest BCUT2D eigenvalue weighted by molar-refractivity contribution is 5.55. The summed E-state index contributed by atoms with van der Waals surface area (Å²) in [6.45, 7) is 4.33. The van der Waals surface area contributed by atoms with Crippen LogP contribution in [0.1, 0.15) is 30.7 Å². The minimum atomic E-state index is 0.733. The predicted molar refractivity (Wildman–Crippen MR) is 74.7 cm³/mol. The van der Waals surface area contributed by atoms with Gasteiger partial charge in [0.15, 0.2) is 0 Å². The Balaban J connectivity index is 1.83. The van der Waals surface area contributed by atoms with Gasteiger partial charge in [0, 0.05) is 37.9 Å². The summed E-state index contributed by atoms with van der Waals surface area (Å²) >= 11 is 0. The van der Waals surface area contributed by atoms with Crippen LogP contribution in [0.4, 0.5) is 5.69 Å². The van der Waals surface area contributed by atoms with Crippen molar-refractivity contribution in [2.45, 2.75) is 25.2 Å². The van der Waals surface area contributed by atoms with E-state index in [1.165, 1.54) is 30.5 Å². The third-order valence-electron chi connectivity index (χ3n) is 4.24. The second-order valence-electron chi connectivity index (χ2n) is 5.29. The lowest BCUT2D eigenvalue weighted by Crippen LogP contribution is -2.43. The van der Waals surface area contributed by atoms with Gasteiger partial charge >= 0.3 is 0 Å². The average molecular weight is 246 g/mol. The lowest BCUT2D eigenvalue weighted by atomic mass is 9.79. The van der Waals surface area contributed by atoms with Gasteiger partial charge in [-0.3, -0.25) is 0 Å². The first-order chi connectivity index (χ1) is 8.88. The van der Waals surface area contributed by atoms with E-state index >= 15 is 0 Å². The van der Waals surface area contributed by atoms with Crippen molar-refractivity contribution in [1.82, 2.24) is 5.32 Å². The first kappa shape index (κ1) is 11.8. The van der Waals surface area contributed by atoms with Gasteiger partial charge in [-0.1, -0.05) is 12.5 Å². The number of rotatable bonds is 3. The monoisotopic (exact) mass is 246 g/mol. The SMILES string of the molecule is COc1cc(N2CCNCC2)ccc1C1CCC1. The van der Waals surface area contributed by atoms with E-state index in [9.17, 15) is 0 Å². The predicted octanol–water partition coefficient (Wildman–Crippen LogP) is 2.37. The topological polar surface area (TPSA) is 24.5 Å². The van der Waals surface area contributed by atoms with Crippen LogP contribution >= 0.6 is 0 Å². The maximum atomic E-state index is 5.59. The van der Waals surface area contributed by atoms with Gasteiger partial charge in [0.2, 0.25) is 0 Å². The van der Waals surface area contributed by atoms with Crippen molar-refractivity contribution < 1.29 is 4.74 Å². The molecule has 1 saturated carbocycles. The molecule has 3 nitrogen and oxygen atoms in total. The Morgan fingerprint density at radius 1 is 1.22 bits per heavy atom. The summed E-state index contributed by atoms with van der Waals surface area (Å²) in [6, 6.07) is 6.76. The van der Waals surface area contributed by atoms with E-state index < -0.39 is 0 Å². The van der Waals surface area contributed by atoms with Crippen LogP contribution in [0.5, 0.6) is 5.75 Å². The van der Waals surface area contributed by atoms with Crippen LogP contribution in [0.25, 0.3) is 0 Å². The van der Waals surface area contributed by atoms with Crippen molar-refractivity contribution in [1.29, 1.82) is 0 Å². The van der Waals surface area contributed by atoms with Crippen molar-refractivity contribution >= 4 is 5.69 Å². The summed E-state index contributed by atoms with van der Waals surface area (Å²) in [5.41, 5.74) is 2.71. The Morgan fingerprint density at radius 3 is 2.61 bits per heavy atom. The summed E-state index contributed by atoms with van der Waals surface area (Å²) in [6.07, 6.45) is 4.01. The standard InChI is InChI=1S/C15H22N2O/c1-18-15-11-13(17-9-7-16-8-10-17)5-6-14(15)12-3-2-4-12/h5-6,11-12,16H,2-4,7-10H2,1H3. The highest BCUT2D eigenvalue weighted by Gasteiger charge is 2.23. The number of piperazine rings is 1. The Bertz CT molecular complexity index is 409. The normalized spacial score (nSPS) is 20.6. The van der Waals surface area contributed by atoms with E-state index in [0.29, 0.717) is 0 Å². The molecule has 2 aliphatic rings. The van der Waals surface area contributed by atoms with Crippen molar-refractivity contribution in [3.63, 3.8) is 0 Å². The summed E-state index contributed by atoms with van der Waals surface area (Å²) in [4.78, 5) is 2.43. The second kappa shape index (κ2) is 5.19. The number of anilines is 1. The molecule has 18 heavy (non-hydrogen) atoms. The van der Waals surface area contributed by atoms with Gasteiger partial charge in [-0.2, -0.15) is 0 Å². The molecule has 0 aromatic heterocycles. The van der Waals surface area contributed by atoms with E-state index in [1.807, 2.05) is 0 Å². The highest BCUT2D eigenvalue weighted by Crippen LogP contribution is 2.41. The number of nitrogens with one attached hydrogen (secondary N) is 1. The quantitative estimate of drug-likeness (QED) is 0.886. The molecule has 1 aromatic rings. The molecule has 0 radical (unpaired) electrons. The molecule has 1 heterocycles. The fourth-order valence-electron chi connectivity index (χ4n) is 2.88. The zero-order valence-corrected chi connectivity index (χ0v) is 11.1. The van der Waals surface area contributed by atoms with Crippen LogP contribution < -0.4 is 15.0 Å². The number of methoxy groups -OCH3 is 1. The summed E-state index contributed by atoms with van der Waals surface area (Å²) in [5.74, 6) is 1.81. The van der Waals surface area contributed by atoms with Crippen LogP contribution in [0, 0.1) is 0 Å². The zero-order chi connectivity index (χ0) is 12.4. The molecule has 0 bridgehead atoms. The Morgan fingerprint density at radius 2 is 2.00 bits per heavy atom. The second-order valence-corrected chi connectivity index (χ2v) is 5.29. The molecule has 3 rings (SSSR count). The molecule has 0 atom stereocenters. The van der Waals surface area contributed by atoms with E-state index in [2.05, 4.69) is 28.4 Å². The molecular formula is C15H22N2O. The molecular weight excluding hydrogens is 224 g/mol. The fourth-order valence-corrected chi connectivity index (χ4v) is 2.88. The van der Waals surface area contributed by atoms with Crippen LogP contribution in [0.15, 0.2) is 18.2 Å². The summed E-state index contributed by atoms with van der Waals surface area (Å²) in [7, 11) is 1.79. The largest absolute Gasteiger partial charge is 0.496 e. The summed E-state index contributed by atoms with van der Waals surface area (Å²) < 4.78 is 5.59.